The normalized spacial score (nSPS) is 11.1. The van der Waals surface area contributed by atoms with Gasteiger partial charge in [-0.1, -0.05) is 36.7 Å². The van der Waals surface area contributed by atoms with Crippen LogP contribution >= 0.6 is 11.6 Å². The number of halogens is 1. The highest BCUT2D eigenvalue weighted by molar-refractivity contribution is 6.29. The third-order valence-corrected chi connectivity index (χ3v) is 3.30. The van der Waals surface area contributed by atoms with Crippen LogP contribution in [0, 0.1) is 6.92 Å². The minimum absolute atomic E-state index is 0.464. The predicted molar refractivity (Wildman–Crippen MR) is 76.4 cm³/mol. The second kappa shape index (κ2) is 4.67. The molecule has 2 heterocycles. The first-order chi connectivity index (χ1) is 9.19. The average molecular weight is 273 g/mol. The standard InChI is InChI=1S/C15H13ClN2O/c1-3-10-8-13(16)18-15(17-10)14-9(2)19-12-7-5-4-6-11(12)14/h4-8H,3H2,1-2H3. The lowest BCUT2D eigenvalue weighted by Gasteiger charge is -2.03. The van der Waals surface area contributed by atoms with E-state index in [0.29, 0.717) is 11.0 Å². The van der Waals surface area contributed by atoms with Crippen molar-refractivity contribution >= 4 is 22.6 Å². The number of fused-ring (bicyclic) bond motifs is 1. The Morgan fingerprint density at radius 3 is 2.79 bits per heavy atom. The van der Waals surface area contributed by atoms with Gasteiger partial charge in [-0.25, -0.2) is 9.97 Å². The number of furan rings is 1. The molecule has 0 aliphatic carbocycles. The van der Waals surface area contributed by atoms with Crippen LogP contribution in [0.4, 0.5) is 0 Å². The van der Waals surface area contributed by atoms with Crippen molar-refractivity contribution in [1.82, 2.24) is 9.97 Å². The smallest absolute Gasteiger partial charge is 0.165 e. The monoisotopic (exact) mass is 272 g/mol. The number of para-hydroxylation sites is 1. The van der Waals surface area contributed by atoms with Crippen molar-refractivity contribution in [2.24, 2.45) is 0 Å². The van der Waals surface area contributed by atoms with Gasteiger partial charge < -0.3 is 4.42 Å². The molecule has 0 fully saturated rings. The van der Waals surface area contributed by atoms with Gasteiger partial charge in [0.15, 0.2) is 5.82 Å². The highest BCUT2D eigenvalue weighted by atomic mass is 35.5. The van der Waals surface area contributed by atoms with Gasteiger partial charge in [-0.15, -0.1) is 0 Å². The molecule has 1 aromatic carbocycles. The van der Waals surface area contributed by atoms with E-state index >= 15 is 0 Å². The maximum atomic E-state index is 6.07. The molecule has 0 aliphatic rings. The van der Waals surface area contributed by atoms with Crippen LogP contribution in [0.1, 0.15) is 18.4 Å². The van der Waals surface area contributed by atoms with E-state index in [1.54, 1.807) is 6.07 Å². The molecule has 3 nitrogen and oxygen atoms in total. The van der Waals surface area contributed by atoms with Gasteiger partial charge in [0.05, 0.1) is 5.56 Å². The Kier molecular flexibility index (Phi) is 2.99. The lowest BCUT2D eigenvalue weighted by atomic mass is 10.1. The molecule has 0 unspecified atom stereocenters. The van der Waals surface area contributed by atoms with Gasteiger partial charge in [0.1, 0.15) is 16.5 Å². The molecule has 0 bridgehead atoms. The first kappa shape index (κ1) is 12.2. The van der Waals surface area contributed by atoms with Crippen molar-refractivity contribution in [2.75, 3.05) is 0 Å². The summed E-state index contributed by atoms with van der Waals surface area (Å²) in [4.78, 5) is 8.88. The van der Waals surface area contributed by atoms with Crippen molar-refractivity contribution in [2.45, 2.75) is 20.3 Å². The number of hydrogen-bond acceptors (Lipinski definition) is 3. The summed E-state index contributed by atoms with van der Waals surface area (Å²) in [6, 6.07) is 9.67. The largest absolute Gasteiger partial charge is 0.461 e. The summed E-state index contributed by atoms with van der Waals surface area (Å²) in [6.45, 7) is 3.97. The fraction of sp³-hybridized carbons (Fsp3) is 0.200. The van der Waals surface area contributed by atoms with E-state index in [0.717, 1.165) is 34.4 Å². The second-order valence-corrected chi connectivity index (χ2v) is 4.78. The summed E-state index contributed by atoms with van der Waals surface area (Å²) in [5.74, 6) is 1.44. The van der Waals surface area contributed by atoms with E-state index in [1.165, 1.54) is 0 Å². The van der Waals surface area contributed by atoms with E-state index in [1.807, 2.05) is 38.1 Å². The quantitative estimate of drug-likeness (QED) is 0.649. The number of rotatable bonds is 2. The topological polar surface area (TPSA) is 38.9 Å². The van der Waals surface area contributed by atoms with Gasteiger partial charge in [-0.2, -0.15) is 0 Å². The maximum Gasteiger partial charge on any atom is 0.165 e. The molecule has 19 heavy (non-hydrogen) atoms. The van der Waals surface area contributed by atoms with E-state index in [2.05, 4.69) is 9.97 Å². The molecule has 0 saturated heterocycles. The minimum atomic E-state index is 0.464. The number of aryl methyl sites for hydroxylation is 2. The molecular formula is C15H13ClN2O. The Hall–Kier alpha value is -1.87. The van der Waals surface area contributed by atoms with E-state index in [-0.39, 0.29) is 0 Å². The predicted octanol–water partition coefficient (Wildman–Crippen LogP) is 4.41. The number of aromatic nitrogens is 2. The third-order valence-electron chi connectivity index (χ3n) is 3.11. The molecule has 0 atom stereocenters. The summed E-state index contributed by atoms with van der Waals surface area (Å²) >= 11 is 6.07. The molecular weight excluding hydrogens is 260 g/mol. The summed E-state index contributed by atoms with van der Waals surface area (Å²) in [5.41, 5.74) is 2.70. The van der Waals surface area contributed by atoms with Crippen molar-refractivity contribution in [1.29, 1.82) is 0 Å². The van der Waals surface area contributed by atoms with Crippen LogP contribution in [0.2, 0.25) is 5.15 Å². The Balaban J connectivity index is 2.29. The molecule has 0 saturated carbocycles. The van der Waals surface area contributed by atoms with Crippen LogP contribution < -0.4 is 0 Å². The summed E-state index contributed by atoms with van der Waals surface area (Å²) < 4.78 is 5.74. The maximum absolute atomic E-state index is 6.07. The minimum Gasteiger partial charge on any atom is -0.461 e. The van der Waals surface area contributed by atoms with E-state index in [4.69, 9.17) is 16.0 Å². The Bertz CT molecular complexity index is 749. The van der Waals surface area contributed by atoms with Crippen LogP contribution in [-0.4, -0.2) is 9.97 Å². The third kappa shape index (κ3) is 2.10. The molecule has 0 spiro atoms. The Labute approximate surface area is 116 Å². The van der Waals surface area contributed by atoms with Crippen LogP contribution in [0.3, 0.4) is 0 Å². The molecule has 3 aromatic rings. The molecule has 2 aromatic heterocycles. The van der Waals surface area contributed by atoms with E-state index < -0.39 is 0 Å². The zero-order valence-corrected chi connectivity index (χ0v) is 11.5. The highest BCUT2D eigenvalue weighted by Gasteiger charge is 2.16. The highest BCUT2D eigenvalue weighted by Crippen LogP contribution is 2.32. The van der Waals surface area contributed by atoms with Crippen LogP contribution in [0.5, 0.6) is 0 Å². The number of hydrogen-bond donors (Lipinski definition) is 0. The first-order valence-electron chi connectivity index (χ1n) is 6.21. The SMILES string of the molecule is CCc1cc(Cl)nc(-c2c(C)oc3ccccc23)n1. The fourth-order valence-corrected chi connectivity index (χ4v) is 2.41. The van der Waals surface area contributed by atoms with Gasteiger partial charge in [-0.05, 0) is 25.5 Å². The van der Waals surface area contributed by atoms with E-state index in [9.17, 15) is 0 Å². The summed E-state index contributed by atoms with van der Waals surface area (Å²) in [6.07, 6.45) is 0.823. The molecule has 3 rings (SSSR count). The van der Waals surface area contributed by atoms with Gasteiger partial charge in [0.2, 0.25) is 0 Å². The Morgan fingerprint density at radius 2 is 2.00 bits per heavy atom. The lowest BCUT2D eigenvalue weighted by Crippen LogP contribution is -1.95. The summed E-state index contributed by atoms with van der Waals surface area (Å²) in [7, 11) is 0. The summed E-state index contributed by atoms with van der Waals surface area (Å²) in [5, 5.41) is 1.48. The Morgan fingerprint density at radius 1 is 1.21 bits per heavy atom. The zero-order valence-electron chi connectivity index (χ0n) is 10.8. The molecule has 0 amide bonds. The van der Waals surface area contributed by atoms with Gasteiger partial charge in [-0.3, -0.25) is 0 Å². The van der Waals surface area contributed by atoms with Gasteiger partial charge >= 0.3 is 0 Å². The van der Waals surface area contributed by atoms with Crippen molar-refractivity contribution < 1.29 is 4.42 Å². The second-order valence-electron chi connectivity index (χ2n) is 4.39. The van der Waals surface area contributed by atoms with Crippen molar-refractivity contribution in [3.63, 3.8) is 0 Å². The molecule has 96 valence electrons. The molecule has 0 N–H and O–H groups in total. The average Bonchev–Trinajstić information content (AvgIpc) is 2.73. The van der Waals surface area contributed by atoms with Gasteiger partial charge in [0.25, 0.3) is 0 Å². The fourth-order valence-electron chi connectivity index (χ4n) is 2.20. The van der Waals surface area contributed by atoms with Crippen LogP contribution in [-0.2, 0) is 6.42 Å². The number of nitrogens with zero attached hydrogens (tertiary/aromatic N) is 2. The molecule has 0 radical (unpaired) electrons. The van der Waals surface area contributed by atoms with Gasteiger partial charge in [0, 0.05) is 11.1 Å². The zero-order chi connectivity index (χ0) is 13.4. The first-order valence-corrected chi connectivity index (χ1v) is 6.58. The van der Waals surface area contributed by atoms with Crippen LogP contribution in [0.25, 0.3) is 22.4 Å². The van der Waals surface area contributed by atoms with Crippen molar-refractivity contribution in [3.05, 3.63) is 46.9 Å². The number of benzene rings is 1. The lowest BCUT2D eigenvalue weighted by molar-refractivity contribution is 0.579. The van der Waals surface area contributed by atoms with Crippen LogP contribution in [0.15, 0.2) is 34.7 Å². The van der Waals surface area contributed by atoms with Crippen molar-refractivity contribution in [3.8, 4) is 11.4 Å². The molecule has 0 aliphatic heterocycles. The molecule has 4 heteroatoms.